The normalized spacial score (nSPS) is 11.8. The molecule has 0 aliphatic rings. The monoisotopic (exact) mass is 507 g/mol. The summed E-state index contributed by atoms with van der Waals surface area (Å²) < 4.78 is 2.20. The number of nitrogens with zero attached hydrogens (tertiary/aromatic N) is 3. The molecule has 1 aromatic heterocycles. The van der Waals surface area contributed by atoms with Gasteiger partial charge in [-0.25, -0.2) is 0 Å². The largest absolute Gasteiger partial charge is 0.345 e. The van der Waals surface area contributed by atoms with E-state index in [4.69, 9.17) is 11.6 Å². The van der Waals surface area contributed by atoms with Crippen LogP contribution < -0.4 is 0 Å². The van der Waals surface area contributed by atoms with Gasteiger partial charge in [0.2, 0.25) is 5.91 Å². The molecule has 0 saturated carbocycles. The van der Waals surface area contributed by atoms with Gasteiger partial charge in [0.25, 0.3) is 5.91 Å². The number of aromatic nitrogens is 1. The molecule has 3 aromatic rings. The Balaban J connectivity index is 1.81. The minimum atomic E-state index is -0.200. The van der Waals surface area contributed by atoms with Crippen molar-refractivity contribution < 1.29 is 9.59 Å². The highest BCUT2D eigenvalue weighted by Gasteiger charge is 2.26. The Morgan fingerprint density at radius 1 is 1.00 bits per heavy atom. The zero-order valence-electron chi connectivity index (χ0n) is 21.9. The third-order valence-corrected chi connectivity index (χ3v) is 7.13. The summed E-state index contributed by atoms with van der Waals surface area (Å²) in [4.78, 5) is 30.6. The molecular formula is C30H38ClN3O2. The number of halogens is 1. The highest BCUT2D eigenvalue weighted by molar-refractivity contribution is 6.33. The van der Waals surface area contributed by atoms with Gasteiger partial charge in [-0.15, -0.1) is 0 Å². The standard InChI is InChI=1S/C30H38ClN3O2/c1-5-7-18-33(30(36)27-16-10-11-17-28(27)31)22-29(35)34(24(4)6-2)21-26-15-12-19-32(26)20-25-14-9-8-13-23(25)3/h8-17,19,24H,5-7,18,20-22H2,1-4H3. The van der Waals surface area contributed by atoms with Crippen molar-refractivity contribution >= 4 is 23.4 Å². The molecule has 0 fully saturated rings. The molecule has 36 heavy (non-hydrogen) atoms. The van der Waals surface area contributed by atoms with Gasteiger partial charge in [0.1, 0.15) is 6.54 Å². The Kier molecular flexibility index (Phi) is 10.2. The molecule has 5 nitrogen and oxygen atoms in total. The van der Waals surface area contributed by atoms with Gasteiger partial charge in [-0.05, 0) is 62.1 Å². The van der Waals surface area contributed by atoms with Crippen molar-refractivity contribution in [3.05, 3.63) is 94.3 Å². The maximum absolute atomic E-state index is 13.7. The Bertz CT molecular complexity index is 1160. The molecule has 0 aliphatic heterocycles. The molecule has 0 N–H and O–H groups in total. The Labute approximate surface area is 220 Å². The van der Waals surface area contributed by atoms with E-state index in [9.17, 15) is 9.59 Å². The van der Waals surface area contributed by atoms with Crippen LogP contribution >= 0.6 is 11.6 Å². The van der Waals surface area contributed by atoms with Crippen LogP contribution in [0.1, 0.15) is 67.2 Å². The summed E-state index contributed by atoms with van der Waals surface area (Å²) in [7, 11) is 0. The quantitative estimate of drug-likeness (QED) is 0.278. The number of hydrogen-bond acceptors (Lipinski definition) is 2. The number of amides is 2. The summed E-state index contributed by atoms with van der Waals surface area (Å²) >= 11 is 6.31. The molecule has 192 valence electrons. The first-order chi connectivity index (χ1) is 17.3. The molecule has 0 bridgehead atoms. The van der Waals surface area contributed by atoms with Crippen molar-refractivity contribution in [2.24, 2.45) is 0 Å². The summed E-state index contributed by atoms with van der Waals surface area (Å²) in [6, 6.07) is 19.5. The van der Waals surface area contributed by atoms with Gasteiger partial charge in [-0.1, -0.05) is 68.3 Å². The van der Waals surface area contributed by atoms with E-state index in [0.717, 1.165) is 31.5 Å². The Morgan fingerprint density at radius 3 is 2.42 bits per heavy atom. The minimum absolute atomic E-state index is 0.0346. The summed E-state index contributed by atoms with van der Waals surface area (Å²) in [6.07, 6.45) is 4.65. The van der Waals surface area contributed by atoms with Crippen molar-refractivity contribution in [2.45, 2.75) is 66.1 Å². The third kappa shape index (κ3) is 7.01. The fourth-order valence-corrected chi connectivity index (χ4v) is 4.48. The van der Waals surface area contributed by atoms with Crippen LogP contribution in [0.15, 0.2) is 66.9 Å². The van der Waals surface area contributed by atoms with E-state index in [1.807, 2.05) is 17.0 Å². The van der Waals surface area contributed by atoms with E-state index in [1.54, 1.807) is 29.2 Å². The summed E-state index contributed by atoms with van der Waals surface area (Å²) in [5.41, 5.74) is 4.01. The van der Waals surface area contributed by atoms with Crippen LogP contribution in [-0.2, 0) is 17.9 Å². The molecule has 0 radical (unpaired) electrons. The first-order valence-corrected chi connectivity index (χ1v) is 13.2. The molecule has 0 spiro atoms. The van der Waals surface area contributed by atoms with Crippen molar-refractivity contribution in [1.82, 2.24) is 14.4 Å². The number of unbranched alkanes of at least 4 members (excludes halogenated alkanes) is 1. The lowest BCUT2D eigenvalue weighted by molar-refractivity contribution is -0.134. The molecule has 1 unspecified atom stereocenters. The number of hydrogen-bond donors (Lipinski definition) is 0. The number of benzene rings is 2. The number of carbonyl (C=O) groups is 2. The summed E-state index contributed by atoms with van der Waals surface area (Å²) in [5.74, 6) is -0.251. The lowest BCUT2D eigenvalue weighted by Gasteiger charge is -2.32. The van der Waals surface area contributed by atoms with E-state index in [-0.39, 0.29) is 24.4 Å². The smallest absolute Gasteiger partial charge is 0.255 e. The van der Waals surface area contributed by atoms with Crippen LogP contribution in [0.5, 0.6) is 0 Å². The number of carbonyl (C=O) groups excluding carboxylic acids is 2. The molecule has 0 aliphatic carbocycles. The molecule has 2 amide bonds. The second-order valence-electron chi connectivity index (χ2n) is 9.39. The predicted octanol–water partition coefficient (Wildman–Crippen LogP) is 6.57. The second kappa shape index (κ2) is 13.3. The van der Waals surface area contributed by atoms with E-state index in [0.29, 0.717) is 23.7 Å². The van der Waals surface area contributed by atoms with E-state index in [1.165, 1.54) is 11.1 Å². The highest BCUT2D eigenvalue weighted by atomic mass is 35.5. The zero-order valence-corrected chi connectivity index (χ0v) is 22.7. The fraction of sp³-hybridized carbons (Fsp3) is 0.400. The van der Waals surface area contributed by atoms with Crippen LogP contribution in [0, 0.1) is 6.92 Å². The number of aryl methyl sites for hydroxylation is 1. The molecule has 0 saturated heterocycles. The Hall–Kier alpha value is -3.05. The molecule has 3 rings (SSSR count). The number of rotatable bonds is 12. The van der Waals surface area contributed by atoms with Gasteiger partial charge in [-0.3, -0.25) is 9.59 Å². The average Bonchev–Trinajstić information content (AvgIpc) is 3.32. The van der Waals surface area contributed by atoms with Crippen LogP contribution in [0.25, 0.3) is 0 Å². The van der Waals surface area contributed by atoms with Gasteiger partial charge < -0.3 is 14.4 Å². The highest BCUT2D eigenvalue weighted by Crippen LogP contribution is 2.19. The maximum Gasteiger partial charge on any atom is 0.255 e. The van der Waals surface area contributed by atoms with Crippen molar-refractivity contribution in [2.75, 3.05) is 13.1 Å². The lowest BCUT2D eigenvalue weighted by atomic mass is 10.1. The predicted molar refractivity (Wildman–Crippen MR) is 147 cm³/mol. The minimum Gasteiger partial charge on any atom is -0.345 e. The lowest BCUT2D eigenvalue weighted by Crippen LogP contribution is -2.46. The van der Waals surface area contributed by atoms with Gasteiger partial charge in [-0.2, -0.15) is 0 Å². The molecular weight excluding hydrogens is 470 g/mol. The SMILES string of the molecule is CCCCN(CC(=O)N(Cc1cccn1Cc1ccccc1C)C(C)CC)C(=O)c1ccccc1Cl. The topological polar surface area (TPSA) is 45.6 Å². The Morgan fingerprint density at radius 2 is 1.72 bits per heavy atom. The fourth-order valence-electron chi connectivity index (χ4n) is 4.26. The molecule has 2 aromatic carbocycles. The van der Waals surface area contributed by atoms with Crippen LogP contribution in [0.2, 0.25) is 5.02 Å². The van der Waals surface area contributed by atoms with Gasteiger partial charge >= 0.3 is 0 Å². The molecule has 1 atom stereocenters. The average molecular weight is 508 g/mol. The van der Waals surface area contributed by atoms with Crippen molar-refractivity contribution in [3.8, 4) is 0 Å². The second-order valence-corrected chi connectivity index (χ2v) is 9.80. The maximum atomic E-state index is 13.7. The van der Waals surface area contributed by atoms with E-state index in [2.05, 4.69) is 62.7 Å². The van der Waals surface area contributed by atoms with Crippen molar-refractivity contribution in [1.29, 1.82) is 0 Å². The van der Waals surface area contributed by atoms with Gasteiger partial charge in [0.05, 0.1) is 17.1 Å². The summed E-state index contributed by atoms with van der Waals surface area (Å²) in [6.45, 7) is 10.2. The van der Waals surface area contributed by atoms with Crippen LogP contribution in [-0.4, -0.2) is 45.3 Å². The van der Waals surface area contributed by atoms with Crippen LogP contribution in [0.3, 0.4) is 0 Å². The third-order valence-electron chi connectivity index (χ3n) is 6.80. The van der Waals surface area contributed by atoms with Crippen LogP contribution in [0.4, 0.5) is 0 Å². The van der Waals surface area contributed by atoms with E-state index < -0.39 is 0 Å². The van der Waals surface area contributed by atoms with Gasteiger partial charge in [0, 0.05) is 31.0 Å². The first-order valence-electron chi connectivity index (χ1n) is 12.9. The molecule has 6 heteroatoms. The van der Waals surface area contributed by atoms with E-state index >= 15 is 0 Å². The van der Waals surface area contributed by atoms with Gasteiger partial charge in [0.15, 0.2) is 0 Å². The zero-order chi connectivity index (χ0) is 26.1. The first kappa shape index (κ1) is 27.5. The summed E-state index contributed by atoms with van der Waals surface area (Å²) in [5, 5.41) is 0.407. The molecule has 1 heterocycles. The van der Waals surface area contributed by atoms with Crippen molar-refractivity contribution in [3.63, 3.8) is 0 Å².